The molecule has 2 saturated carbocycles. The summed E-state index contributed by atoms with van der Waals surface area (Å²) >= 11 is 0. The summed E-state index contributed by atoms with van der Waals surface area (Å²) < 4.78 is 11.2. The first-order valence-corrected chi connectivity index (χ1v) is 15.2. The molecule has 2 amide bonds. The van der Waals surface area contributed by atoms with E-state index in [9.17, 15) is 14.4 Å². The molecule has 0 aromatic heterocycles. The highest BCUT2D eigenvalue weighted by molar-refractivity contribution is 5.99. The summed E-state index contributed by atoms with van der Waals surface area (Å²) in [6.07, 6.45) is 10.7. The zero-order chi connectivity index (χ0) is 26.9. The third-order valence-corrected chi connectivity index (χ3v) is 10.2. The zero-order valence-electron chi connectivity index (χ0n) is 23.2. The summed E-state index contributed by atoms with van der Waals surface area (Å²) in [5.74, 6) is 0.110. The van der Waals surface area contributed by atoms with Gasteiger partial charge < -0.3 is 24.6 Å². The predicted octanol–water partition coefficient (Wildman–Crippen LogP) is 3.29. The van der Waals surface area contributed by atoms with E-state index in [4.69, 9.17) is 9.47 Å². The number of fused-ring (bicyclic) bond motifs is 1. The van der Waals surface area contributed by atoms with Gasteiger partial charge in [0.05, 0.1) is 6.54 Å². The Labute approximate surface area is 231 Å². The summed E-state index contributed by atoms with van der Waals surface area (Å²) in [6, 6.07) is 7.54. The van der Waals surface area contributed by atoms with Crippen molar-refractivity contribution in [3.63, 3.8) is 0 Å². The molecule has 0 radical (unpaired) electrons. The van der Waals surface area contributed by atoms with Crippen molar-refractivity contribution in [2.75, 3.05) is 33.4 Å². The first-order chi connectivity index (χ1) is 19.0. The minimum Gasteiger partial charge on any atom is -0.377 e. The van der Waals surface area contributed by atoms with Crippen LogP contribution in [0.2, 0.25) is 0 Å². The molecule has 4 atom stereocenters. The second kappa shape index (κ2) is 11.7. The third kappa shape index (κ3) is 5.40. The number of Topliss-reactive ketones (excluding diaryl/α,β-unsaturated/α-hetero) is 1. The molecule has 0 unspecified atom stereocenters. The van der Waals surface area contributed by atoms with Crippen molar-refractivity contribution >= 4 is 17.6 Å². The minimum absolute atomic E-state index is 0.00534. The number of carbonyl (C=O) groups is 3. The normalized spacial score (nSPS) is 29.7. The van der Waals surface area contributed by atoms with Gasteiger partial charge >= 0.3 is 0 Å². The van der Waals surface area contributed by atoms with Crippen molar-refractivity contribution in [3.8, 4) is 0 Å². The fourth-order valence-electron chi connectivity index (χ4n) is 7.56. The standard InChI is InChI=1S/C31H43N3O5/c1-38-26-18-34(28-25(35)19-39-29(26)28)31(37)27(22-6-3-2-4-7-22)32-30(36)23-12-10-20(11-13-23)21-14-16-33(17-15-21)24-8-5-9-24/h10-13,21-22,24,26-29H,2-9,14-19H2,1H3,(H,32,36)/t26-,27+,28-,29-/m1/s1. The van der Waals surface area contributed by atoms with E-state index in [-0.39, 0.29) is 36.2 Å². The topological polar surface area (TPSA) is 88.2 Å². The van der Waals surface area contributed by atoms with Gasteiger partial charge in [0.1, 0.15) is 30.9 Å². The largest absolute Gasteiger partial charge is 0.377 e. The van der Waals surface area contributed by atoms with Crippen molar-refractivity contribution in [1.29, 1.82) is 0 Å². The molecule has 6 rings (SSSR count). The first kappa shape index (κ1) is 26.9. The predicted molar refractivity (Wildman–Crippen MR) is 147 cm³/mol. The van der Waals surface area contributed by atoms with Crippen LogP contribution in [0.5, 0.6) is 0 Å². The fourth-order valence-corrected chi connectivity index (χ4v) is 7.56. The van der Waals surface area contributed by atoms with E-state index in [1.807, 2.05) is 12.1 Å². The van der Waals surface area contributed by atoms with Crippen LogP contribution in [0.4, 0.5) is 0 Å². The summed E-state index contributed by atoms with van der Waals surface area (Å²) in [4.78, 5) is 44.4. The molecule has 212 valence electrons. The van der Waals surface area contributed by atoms with Crippen LogP contribution >= 0.6 is 0 Å². The zero-order valence-corrected chi connectivity index (χ0v) is 23.2. The molecule has 3 saturated heterocycles. The molecule has 3 heterocycles. The number of likely N-dealkylation sites (tertiary alicyclic amines) is 2. The van der Waals surface area contributed by atoms with E-state index in [0.29, 0.717) is 18.0 Å². The van der Waals surface area contributed by atoms with E-state index < -0.39 is 18.2 Å². The molecule has 1 aromatic carbocycles. The van der Waals surface area contributed by atoms with E-state index in [1.54, 1.807) is 12.0 Å². The maximum Gasteiger partial charge on any atom is 0.251 e. The number of nitrogens with zero attached hydrogens (tertiary/aromatic N) is 2. The quantitative estimate of drug-likeness (QED) is 0.574. The van der Waals surface area contributed by atoms with Gasteiger partial charge in [-0.1, -0.05) is 37.8 Å². The number of piperidine rings is 1. The van der Waals surface area contributed by atoms with Crippen molar-refractivity contribution in [1.82, 2.24) is 15.1 Å². The number of methoxy groups -OCH3 is 1. The SMILES string of the molecule is CO[C@@H]1CN(C(=O)[C@@H](NC(=O)c2ccc(C3CCN(C4CCC4)CC3)cc2)C2CCCCC2)[C@@H]2C(=O)CO[C@@H]21. The van der Waals surface area contributed by atoms with Crippen LogP contribution in [0.25, 0.3) is 0 Å². The highest BCUT2D eigenvalue weighted by atomic mass is 16.5. The number of hydrogen-bond acceptors (Lipinski definition) is 6. The Hall–Kier alpha value is -2.29. The molecular weight excluding hydrogens is 494 g/mol. The van der Waals surface area contributed by atoms with Crippen LogP contribution in [-0.4, -0.2) is 91.1 Å². The Morgan fingerprint density at radius 2 is 1.69 bits per heavy atom. The number of ether oxygens (including phenoxy) is 2. The van der Waals surface area contributed by atoms with Crippen molar-refractivity contribution in [3.05, 3.63) is 35.4 Å². The third-order valence-electron chi connectivity index (χ3n) is 10.2. The van der Waals surface area contributed by atoms with Gasteiger partial charge in [0.2, 0.25) is 5.91 Å². The molecule has 8 heteroatoms. The molecule has 5 aliphatic rings. The Kier molecular flexibility index (Phi) is 8.05. The van der Waals surface area contributed by atoms with Gasteiger partial charge in [0, 0.05) is 18.7 Å². The summed E-state index contributed by atoms with van der Waals surface area (Å²) in [6.45, 7) is 2.65. The van der Waals surface area contributed by atoms with Gasteiger partial charge in [0.15, 0.2) is 5.78 Å². The molecule has 0 bridgehead atoms. The number of amides is 2. The summed E-state index contributed by atoms with van der Waals surface area (Å²) in [5, 5.41) is 3.11. The Morgan fingerprint density at radius 3 is 2.33 bits per heavy atom. The molecule has 5 fully saturated rings. The van der Waals surface area contributed by atoms with E-state index in [0.717, 1.165) is 38.1 Å². The van der Waals surface area contributed by atoms with Gasteiger partial charge in [-0.15, -0.1) is 0 Å². The van der Waals surface area contributed by atoms with Crippen LogP contribution in [0, 0.1) is 5.92 Å². The van der Waals surface area contributed by atoms with Crippen LogP contribution in [-0.2, 0) is 19.1 Å². The average molecular weight is 538 g/mol. The van der Waals surface area contributed by atoms with Gasteiger partial charge in [-0.05, 0) is 81.1 Å². The summed E-state index contributed by atoms with van der Waals surface area (Å²) in [7, 11) is 1.59. The fraction of sp³-hybridized carbons (Fsp3) is 0.710. The number of hydrogen-bond donors (Lipinski definition) is 1. The Morgan fingerprint density at radius 1 is 0.974 bits per heavy atom. The first-order valence-electron chi connectivity index (χ1n) is 15.2. The van der Waals surface area contributed by atoms with Gasteiger partial charge in [-0.3, -0.25) is 14.4 Å². The number of rotatable bonds is 7. The Balaban J connectivity index is 1.13. The molecule has 39 heavy (non-hydrogen) atoms. The number of benzene rings is 1. The van der Waals surface area contributed by atoms with Crippen LogP contribution in [0.1, 0.15) is 86.0 Å². The maximum absolute atomic E-state index is 14.0. The molecule has 2 aliphatic carbocycles. The molecule has 1 aromatic rings. The summed E-state index contributed by atoms with van der Waals surface area (Å²) in [5.41, 5.74) is 1.88. The molecule has 1 N–H and O–H groups in total. The maximum atomic E-state index is 14.0. The molecule has 8 nitrogen and oxygen atoms in total. The molecular formula is C31H43N3O5. The van der Waals surface area contributed by atoms with Crippen LogP contribution < -0.4 is 5.32 Å². The number of nitrogens with one attached hydrogen (secondary N) is 1. The lowest BCUT2D eigenvalue weighted by atomic mass is 9.83. The average Bonchev–Trinajstić information content (AvgIpc) is 3.51. The van der Waals surface area contributed by atoms with Crippen molar-refractivity contribution in [2.45, 2.75) is 100 Å². The lowest BCUT2D eigenvalue weighted by Gasteiger charge is -2.42. The van der Waals surface area contributed by atoms with Crippen LogP contribution in [0.3, 0.4) is 0 Å². The van der Waals surface area contributed by atoms with Gasteiger partial charge in [-0.2, -0.15) is 0 Å². The van der Waals surface area contributed by atoms with Gasteiger partial charge in [0.25, 0.3) is 5.91 Å². The van der Waals surface area contributed by atoms with E-state index >= 15 is 0 Å². The van der Waals surface area contributed by atoms with Crippen LogP contribution in [0.15, 0.2) is 24.3 Å². The van der Waals surface area contributed by atoms with Crippen molar-refractivity contribution in [2.24, 2.45) is 5.92 Å². The van der Waals surface area contributed by atoms with E-state index in [2.05, 4.69) is 22.3 Å². The lowest BCUT2D eigenvalue weighted by molar-refractivity contribution is -0.139. The lowest BCUT2D eigenvalue weighted by Crippen LogP contribution is -2.55. The highest BCUT2D eigenvalue weighted by Crippen LogP contribution is 2.35. The smallest absolute Gasteiger partial charge is 0.251 e. The monoisotopic (exact) mass is 537 g/mol. The Bertz CT molecular complexity index is 1040. The molecule has 0 spiro atoms. The molecule has 3 aliphatic heterocycles. The van der Waals surface area contributed by atoms with E-state index in [1.165, 1.54) is 50.8 Å². The second-order valence-electron chi connectivity index (χ2n) is 12.3. The number of carbonyl (C=O) groups excluding carboxylic acids is 3. The van der Waals surface area contributed by atoms with Crippen molar-refractivity contribution < 1.29 is 23.9 Å². The number of ketones is 1. The highest BCUT2D eigenvalue weighted by Gasteiger charge is 2.54. The van der Waals surface area contributed by atoms with Gasteiger partial charge in [-0.25, -0.2) is 0 Å². The minimum atomic E-state index is -0.655. The second-order valence-corrected chi connectivity index (χ2v) is 12.3.